The molecular weight excluding hydrogens is 352 g/mol. The fourth-order valence-corrected chi connectivity index (χ4v) is 4.02. The van der Waals surface area contributed by atoms with Crippen molar-refractivity contribution in [2.75, 3.05) is 4.72 Å². The molecule has 0 amide bonds. The maximum absolute atomic E-state index is 12.7. The van der Waals surface area contributed by atoms with E-state index >= 15 is 0 Å². The molecule has 3 aromatic carbocycles. The van der Waals surface area contributed by atoms with Crippen molar-refractivity contribution in [1.82, 2.24) is 0 Å². The number of fused-ring (bicyclic) bond motifs is 1. The van der Waals surface area contributed by atoms with E-state index in [1.165, 1.54) is 24.3 Å². The molecule has 0 aliphatic heterocycles. The minimum atomic E-state index is -3.96. The highest BCUT2D eigenvalue weighted by Gasteiger charge is 2.20. The lowest BCUT2D eigenvalue weighted by molar-refractivity contribution is -0.384. The molecule has 0 spiro atoms. The van der Waals surface area contributed by atoms with Crippen molar-refractivity contribution < 1.29 is 13.3 Å². The average Bonchev–Trinajstić information content (AvgIpc) is 2.54. The Morgan fingerprint density at radius 3 is 2.38 bits per heavy atom. The second-order valence-corrected chi connectivity index (χ2v) is 7.07. The molecule has 0 atom stereocenters. The Morgan fingerprint density at radius 1 is 1.00 bits per heavy atom. The topological polar surface area (TPSA) is 89.3 Å². The van der Waals surface area contributed by atoms with Gasteiger partial charge in [-0.2, -0.15) is 0 Å². The van der Waals surface area contributed by atoms with Gasteiger partial charge in [-0.3, -0.25) is 14.8 Å². The predicted molar refractivity (Wildman–Crippen MR) is 92.9 cm³/mol. The summed E-state index contributed by atoms with van der Waals surface area (Å²) < 4.78 is 27.8. The van der Waals surface area contributed by atoms with E-state index in [9.17, 15) is 18.5 Å². The van der Waals surface area contributed by atoms with Crippen LogP contribution in [0.5, 0.6) is 0 Å². The van der Waals surface area contributed by atoms with Crippen LogP contribution in [0.25, 0.3) is 10.8 Å². The number of benzene rings is 3. The van der Waals surface area contributed by atoms with Crippen molar-refractivity contribution in [2.24, 2.45) is 0 Å². The number of nitrogens with one attached hydrogen (secondary N) is 1. The number of nitro groups is 1. The van der Waals surface area contributed by atoms with Gasteiger partial charge in [-0.1, -0.05) is 41.9 Å². The van der Waals surface area contributed by atoms with E-state index in [2.05, 4.69) is 4.72 Å². The number of anilines is 1. The number of nitrogens with zero attached hydrogens (tertiary/aromatic N) is 1. The van der Waals surface area contributed by atoms with Crippen LogP contribution in [0.4, 0.5) is 11.4 Å². The van der Waals surface area contributed by atoms with Crippen LogP contribution in [-0.2, 0) is 10.0 Å². The lowest BCUT2D eigenvalue weighted by Gasteiger charge is -2.11. The second-order valence-electron chi connectivity index (χ2n) is 5.01. The zero-order valence-electron chi connectivity index (χ0n) is 12.1. The van der Waals surface area contributed by atoms with Gasteiger partial charge in [0.1, 0.15) is 0 Å². The molecule has 0 saturated carbocycles. The third-order valence-corrected chi connectivity index (χ3v) is 5.15. The number of nitro benzene ring substituents is 1. The van der Waals surface area contributed by atoms with Crippen LogP contribution < -0.4 is 4.72 Å². The van der Waals surface area contributed by atoms with Gasteiger partial charge in [-0.05, 0) is 23.6 Å². The van der Waals surface area contributed by atoms with E-state index in [1.54, 1.807) is 30.3 Å². The third-order valence-electron chi connectivity index (χ3n) is 3.41. The van der Waals surface area contributed by atoms with Gasteiger partial charge in [0, 0.05) is 22.5 Å². The lowest BCUT2D eigenvalue weighted by Crippen LogP contribution is -2.13. The van der Waals surface area contributed by atoms with Crippen molar-refractivity contribution in [1.29, 1.82) is 0 Å². The van der Waals surface area contributed by atoms with Crippen molar-refractivity contribution in [3.8, 4) is 0 Å². The predicted octanol–water partition coefficient (Wildman–Crippen LogP) is 4.20. The van der Waals surface area contributed by atoms with E-state index < -0.39 is 14.9 Å². The Bertz CT molecular complexity index is 1050. The van der Waals surface area contributed by atoms with Crippen LogP contribution in [0.2, 0.25) is 5.02 Å². The lowest BCUT2D eigenvalue weighted by atomic mass is 10.1. The molecule has 0 saturated heterocycles. The molecule has 24 heavy (non-hydrogen) atoms. The molecule has 0 aliphatic carbocycles. The van der Waals surface area contributed by atoms with Crippen LogP contribution in [-0.4, -0.2) is 13.3 Å². The van der Waals surface area contributed by atoms with E-state index in [-0.39, 0.29) is 16.3 Å². The number of sulfonamides is 1. The quantitative estimate of drug-likeness (QED) is 0.556. The number of hydrogen-bond donors (Lipinski definition) is 1. The molecule has 0 bridgehead atoms. The normalized spacial score (nSPS) is 11.4. The fraction of sp³-hybridized carbons (Fsp3) is 0. The summed E-state index contributed by atoms with van der Waals surface area (Å²) in [6.45, 7) is 0. The van der Waals surface area contributed by atoms with Gasteiger partial charge in [-0.25, -0.2) is 8.42 Å². The summed E-state index contributed by atoms with van der Waals surface area (Å²) in [7, 11) is -3.96. The van der Waals surface area contributed by atoms with Crippen LogP contribution in [0.1, 0.15) is 0 Å². The van der Waals surface area contributed by atoms with Crippen molar-refractivity contribution >= 4 is 43.8 Å². The maximum atomic E-state index is 12.7. The maximum Gasteiger partial charge on any atom is 0.271 e. The Labute approximate surface area is 142 Å². The van der Waals surface area contributed by atoms with Crippen LogP contribution >= 0.6 is 11.6 Å². The molecule has 0 heterocycles. The summed E-state index contributed by atoms with van der Waals surface area (Å²) in [6.07, 6.45) is 0. The molecule has 3 rings (SSSR count). The van der Waals surface area contributed by atoms with E-state index in [0.717, 1.165) is 6.07 Å². The molecule has 0 aromatic heterocycles. The number of hydrogen-bond acceptors (Lipinski definition) is 4. The van der Waals surface area contributed by atoms with Crippen molar-refractivity contribution in [2.45, 2.75) is 4.90 Å². The second kappa shape index (κ2) is 6.10. The van der Waals surface area contributed by atoms with Gasteiger partial charge < -0.3 is 0 Å². The summed E-state index contributed by atoms with van der Waals surface area (Å²) in [5.41, 5.74) is -0.0978. The molecule has 8 heteroatoms. The Balaban J connectivity index is 2.09. The van der Waals surface area contributed by atoms with Gasteiger partial charge in [0.25, 0.3) is 15.7 Å². The highest BCUT2D eigenvalue weighted by molar-refractivity contribution is 7.93. The number of halogens is 1. The molecule has 1 N–H and O–H groups in total. The van der Waals surface area contributed by atoms with Gasteiger partial charge in [0.15, 0.2) is 0 Å². The molecule has 0 fully saturated rings. The van der Waals surface area contributed by atoms with Gasteiger partial charge in [0.2, 0.25) is 0 Å². The molecule has 0 aliphatic rings. The highest BCUT2D eigenvalue weighted by atomic mass is 35.5. The van der Waals surface area contributed by atoms with E-state index in [1.807, 2.05) is 0 Å². The highest BCUT2D eigenvalue weighted by Crippen LogP contribution is 2.31. The summed E-state index contributed by atoms with van der Waals surface area (Å²) in [5, 5.41) is 12.2. The standard InChI is InChI=1S/C16H11ClN2O4S/c17-14-8-1-4-11-5-2-9-15(16(11)14)24(22,23)18-12-6-3-7-13(10-12)19(20)21/h1-10,18H. The van der Waals surface area contributed by atoms with Gasteiger partial charge in [-0.15, -0.1) is 0 Å². The molecule has 0 unspecified atom stereocenters. The zero-order chi connectivity index (χ0) is 17.3. The molecule has 3 aromatic rings. The molecule has 0 radical (unpaired) electrons. The van der Waals surface area contributed by atoms with Gasteiger partial charge in [0.05, 0.1) is 15.5 Å². The molecule has 6 nitrogen and oxygen atoms in total. The van der Waals surface area contributed by atoms with Gasteiger partial charge >= 0.3 is 0 Å². The Morgan fingerprint density at radius 2 is 1.67 bits per heavy atom. The molecular formula is C16H11ClN2O4S. The smallest absolute Gasteiger partial charge is 0.271 e. The SMILES string of the molecule is O=[N+]([O-])c1cccc(NS(=O)(=O)c2cccc3cccc(Cl)c23)c1. The fourth-order valence-electron chi connectivity index (χ4n) is 2.38. The molecule has 122 valence electrons. The number of non-ortho nitro benzene ring substituents is 1. The van der Waals surface area contributed by atoms with Crippen LogP contribution in [0.3, 0.4) is 0 Å². The van der Waals surface area contributed by atoms with E-state index in [4.69, 9.17) is 11.6 Å². The van der Waals surface area contributed by atoms with E-state index in [0.29, 0.717) is 15.8 Å². The summed E-state index contributed by atoms with van der Waals surface area (Å²) >= 11 is 6.16. The van der Waals surface area contributed by atoms with Crippen molar-refractivity contribution in [3.63, 3.8) is 0 Å². The first kappa shape index (κ1) is 16.2. The summed E-state index contributed by atoms with van der Waals surface area (Å²) in [5.74, 6) is 0. The Kier molecular flexibility index (Phi) is 4.13. The monoisotopic (exact) mass is 362 g/mol. The summed E-state index contributed by atoms with van der Waals surface area (Å²) in [6, 6.07) is 15.2. The number of rotatable bonds is 4. The largest absolute Gasteiger partial charge is 0.279 e. The van der Waals surface area contributed by atoms with Crippen LogP contribution in [0, 0.1) is 10.1 Å². The first-order chi connectivity index (χ1) is 11.4. The van der Waals surface area contributed by atoms with Crippen molar-refractivity contribution in [3.05, 3.63) is 75.8 Å². The summed E-state index contributed by atoms with van der Waals surface area (Å²) in [4.78, 5) is 10.2. The third kappa shape index (κ3) is 3.04. The van der Waals surface area contributed by atoms with Crippen LogP contribution in [0.15, 0.2) is 65.6 Å². The minimum Gasteiger partial charge on any atom is -0.279 e. The first-order valence-corrected chi connectivity index (χ1v) is 8.69. The average molecular weight is 363 g/mol. The first-order valence-electron chi connectivity index (χ1n) is 6.83. The Hall–Kier alpha value is -2.64. The zero-order valence-corrected chi connectivity index (χ0v) is 13.7. The minimum absolute atomic E-state index is 0.0112.